The van der Waals surface area contributed by atoms with E-state index in [-0.39, 0.29) is 5.91 Å². The molecule has 2 aromatic carbocycles. The Hall–Kier alpha value is -2.67. The first-order valence-electron chi connectivity index (χ1n) is 7.81. The van der Waals surface area contributed by atoms with Gasteiger partial charge in [-0.3, -0.25) is 4.79 Å². The number of thioether (sulfide) groups is 1. The van der Waals surface area contributed by atoms with Crippen molar-refractivity contribution in [2.45, 2.75) is 25.7 Å². The molecular weight excluding hydrogens is 334 g/mol. The predicted octanol–water partition coefficient (Wildman–Crippen LogP) is 3.56. The van der Waals surface area contributed by atoms with E-state index in [1.165, 1.54) is 0 Å². The van der Waals surface area contributed by atoms with Crippen LogP contribution in [0.3, 0.4) is 0 Å². The van der Waals surface area contributed by atoms with E-state index in [9.17, 15) is 4.79 Å². The predicted molar refractivity (Wildman–Crippen MR) is 99.5 cm³/mol. The second kappa shape index (κ2) is 7.06. The maximum atomic E-state index is 12.7. The number of nitrogens with zero attached hydrogens (tertiary/aromatic N) is 4. The normalized spacial score (nSPS) is 10.7. The van der Waals surface area contributed by atoms with Gasteiger partial charge in [0.1, 0.15) is 0 Å². The van der Waals surface area contributed by atoms with Crippen molar-refractivity contribution in [1.29, 1.82) is 0 Å². The summed E-state index contributed by atoms with van der Waals surface area (Å²) in [7, 11) is 0. The minimum Gasteiger partial charge on any atom is -0.322 e. The largest absolute Gasteiger partial charge is 0.322 e. The van der Waals surface area contributed by atoms with Gasteiger partial charge in [0.05, 0.1) is 5.69 Å². The molecule has 1 heterocycles. The number of carbonyl (C=O) groups is 1. The van der Waals surface area contributed by atoms with Crippen molar-refractivity contribution >= 4 is 23.4 Å². The van der Waals surface area contributed by atoms with Crippen LogP contribution in [0.5, 0.6) is 0 Å². The van der Waals surface area contributed by atoms with Crippen LogP contribution in [0.4, 0.5) is 5.69 Å². The third-order valence-electron chi connectivity index (χ3n) is 4.01. The molecule has 1 aromatic heterocycles. The lowest BCUT2D eigenvalue weighted by molar-refractivity contribution is 0.102. The minimum atomic E-state index is -0.128. The van der Waals surface area contributed by atoms with Gasteiger partial charge in [0.25, 0.3) is 5.91 Å². The van der Waals surface area contributed by atoms with E-state index in [1.54, 1.807) is 16.4 Å². The molecule has 0 atom stereocenters. The molecule has 3 rings (SSSR count). The van der Waals surface area contributed by atoms with E-state index >= 15 is 0 Å². The molecule has 1 N–H and O–H groups in total. The van der Waals surface area contributed by atoms with Crippen molar-refractivity contribution in [3.8, 4) is 5.69 Å². The number of nitrogens with one attached hydrogen (secondary N) is 1. The topological polar surface area (TPSA) is 72.7 Å². The summed E-state index contributed by atoms with van der Waals surface area (Å²) < 4.78 is 1.66. The van der Waals surface area contributed by atoms with Crippen LogP contribution >= 0.6 is 11.8 Å². The Balaban J connectivity index is 1.91. The van der Waals surface area contributed by atoms with Crippen LogP contribution in [0.15, 0.2) is 41.3 Å². The van der Waals surface area contributed by atoms with Gasteiger partial charge < -0.3 is 5.32 Å². The second-order valence-electron chi connectivity index (χ2n) is 5.77. The molecule has 0 aliphatic rings. The molecule has 25 heavy (non-hydrogen) atoms. The van der Waals surface area contributed by atoms with Crippen LogP contribution in [0, 0.1) is 20.8 Å². The number of carbonyl (C=O) groups excluding carboxylic acids is 1. The second-order valence-corrected chi connectivity index (χ2v) is 6.65. The third-order valence-corrected chi connectivity index (χ3v) is 4.74. The Bertz CT molecular complexity index is 935. The smallest absolute Gasteiger partial charge is 0.255 e. The SMILES string of the molecule is CSc1ccc(C)c(C(=O)Nc2ccc(C)c(-n3nnnc3C)c2)c1. The number of hydrogen-bond acceptors (Lipinski definition) is 5. The molecule has 128 valence electrons. The van der Waals surface area contributed by atoms with Gasteiger partial charge in [-0.05, 0) is 72.8 Å². The number of hydrogen-bond donors (Lipinski definition) is 1. The van der Waals surface area contributed by atoms with E-state index in [0.717, 1.165) is 21.7 Å². The summed E-state index contributed by atoms with van der Waals surface area (Å²) in [5.41, 5.74) is 4.19. The van der Waals surface area contributed by atoms with Gasteiger partial charge in [-0.1, -0.05) is 12.1 Å². The first-order valence-corrected chi connectivity index (χ1v) is 9.04. The van der Waals surface area contributed by atoms with Gasteiger partial charge in [0.2, 0.25) is 0 Å². The Morgan fingerprint density at radius 1 is 1.08 bits per heavy atom. The molecule has 0 aliphatic carbocycles. The lowest BCUT2D eigenvalue weighted by Crippen LogP contribution is -2.14. The monoisotopic (exact) mass is 353 g/mol. The average Bonchev–Trinajstić information content (AvgIpc) is 3.02. The van der Waals surface area contributed by atoms with Crippen molar-refractivity contribution in [3.05, 3.63) is 58.9 Å². The number of anilines is 1. The summed E-state index contributed by atoms with van der Waals surface area (Å²) in [4.78, 5) is 13.7. The van der Waals surface area contributed by atoms with Crippen LogP contribution in [-0.2, 0) is 0 Å². The van der Waals surface area contributed by atoms with Crippen LogP contribution in [-0.4, -0.2) is 32.4 Å². The zero-order valence-electron chi connectivity index (χ0n) is 14.6. The first-order chi connectivity index (χ1) is 12.0. The van der Waals surface area contributed by atoms with Gasteiger partial charge >= 0.3 is 0 Å². The van der Waals surface area contributed by atoms with Crippen molar-refractivity contribution in [2.24, 2.45) is 0 Å². The number of benzene rings is 2. The summed E-state index contributed by atoms with van der Waals surface area (Å²) in [6.45, 7) is 5.75. The van der Waals surface area contributed by atoms with E-state index in [0.29, 0.717) is 17.1 Å². The molecule has 0 bridgehead atoms. The number of tetrazole rings is 1. The minimum absolute atomic E-state index is 0.128. The maximum absolute atomic E-state index is 12.7. The van der Waals surface area contributed by atoms with E-state index in [4.69, 9.17) is 0 Å². The van der Waals surface area contributed by atoms with Gasteiger partial charge in [-0.15, -0.1) is 16.9 Å². The first kappa shape index (κ1) is 17.2. The maximum Gasteiger partial charge on any atom is 0.255 e. The number of aryl methyl sites for hydroxylation is 3. The molecule has 0 saturated heterocycles. The lowest BCUT2D eigenvalue weighted by atomic mass is 10.1. The third kappa shape index (κ3) is 3.56. The number of amides is 1. The molecule has 0 radical (unpaired) electrons. The van der Waals surface area contributed by atoms with Crippen molar-refractivity contribution in [3.63, 3.8) is 0 Å². The van der Waals surface area contributed by atoms with Crippen LogP contribution in [0.25, 0.3) is 5.69 Å². The van der Waals surface area contributed by atoms with Crippen molar-refractivity contribution in [1.82, 2.24) is 20.2 Å². The van der Waals surface area contributed by atoms with Gasteiger partial charge in [-0.2, -0.15) is 4.68 Å². The van der Waals surface area contributed by atoms with E-state index < -0.39 is 0 Å². The zero-order valence-corrected chi connectivity index (χ0v) is 15.4. The number of rotatable bonds is 4. The Morgan fingerprint density at radius 3 is 2.52 bits per heavy atom. The highest BCUT2D eigenvalue weighted by Crippen LogP contribution is 2.22. The molecule has 0 unspecified atom stereocenters. The summed E-state index contributed by atoms with van der Waals surface area (Å²) in [6, 6.07) is 11.6. The standard InChI is InChI=1S/C18H19N5OS/c1-11-6-8-15(25-4)10-16(11)18(24)19-14-7-5-12(2)17(9-14)23-13(3)20-21-22-23/h5-10H,1-4H3,(H,19,24). The van der Waals surface area contributed by atoms with Gasteiger partial charge in [0.15, 0.2) is 5.82 Å². The summed E-state index contributed by atoms with van der Waals surface area (Å²) >= 11 is 1.61. The molecule has 0 aliphatic heterocycles. The van der Waals surface area contributed by atoms with Crippen LogP contribution < -0.4 is 5.32 Å². The van der Waals surface area contributed by atoms with Crippen molar-refractivity contribution in [2.75, 3.05) is 11.6 Å². The zero-order chi connectivity index (χ0) is 18.0. The fourth-order valence-corrected chi connectivity index (χ4v) is 2.98. The summed E-state index contributed by atoms with van der Waals surface area (Å²) in [6.07, 6.45) is 1.99. The summed E-state index contributed by atoms with van der Waals surface area (Å²) in [5, 5.41) is 14.6. The Kier molecular flexibility index (Phi) is 4.85. The molecule has 3 aromatic rings. The summed E-state index contributed by atoms with van der Waals surface area (Å²) in [5.74, 6) is 0.562. The fourth-order valence-electron chi connectivity index (χ4n) is 2.54. The van der Waals surface area contributed by atoms with Gasteiger partial charge in [0, 0.05) is 16.1 Å². The molecule has 0 saturated carbocycles. The highest BCUT2D eigenvalue weighted by atomic mass is 32.2. The Labute approximate surface area is 150 Å². The molecule has 0 fully saturated rings. The lowest BCUT2D eigenvalue weighted by Gasteiger charge is -2.12. The molecule has 6 nitrogen and oxygen atoms in total. The van der Waals surface area contributed by atoms with E-state index in [2.05, 4.69) is 20.8 Å². The number of aromatic nitrogens is 4. The van der Waals surface area contributed by atoms with Crippen molar-refractivity contribution < 1.29 is 4.79 Å². The molecule has 7 heteroatoms. The van der Waals surface area contributed by atoms with Gasteiger partial charge in [-0.25, -0.2) is 0 Å². The van der Waals surface area contributed by atoms with E-state index in [1.807, 2.05) is 63.4 Å². The Morgan fingerprint density at radius 2 is 1.84 bits per heavy atom. The van der Waals surface area contributed by atoms with Crippen LogP contribution in [0.2, 0.25) is 0 Å². The molecule has 0 spiro atoms. The molecular formula is C18H19N5OS. The highest BCUT2D eigenvalue weighted by Gasteiger charge is 2.13. The average molecular weight is 353 g/mol. The quantitative estimate of drug-likeness (QED) is 0.726. The van der Waals surface area contributed by atoms with Crippen LogP contribution in [0.1, 0.15) is 27.3 Å². The highest BCUT2D eigenvalue weighted by molar-refractivity contribution is 7.98. The molecule has 1 amide bonds. The fraction of sp³-hybridized carbons (Fsp3) is 0.222.